The fraction of sp³-hybridized carbons (Fsp3) is 0.400. The number of esters is 1. The third-order valence-electron chi connectivity index (χ3n) is 6.70. The summed E-state index contributed by atoms with van der Waals surface area (Å²) in [4.78, 5) is 40.2. The number of benzene rings is 2. The van der Waals surface area contributed by atoms with Gasteiger partial charge in [0.15, 0.2) is 0 Å². The Morgan fingerprint density at radius 3 is 1.60 bits per heavy atom. The average molecular weight is 403 g/mol. The van der Waals surface area contributed by atoms with E-state index in [1.165, 1.54) is 4.90 Å². The van der Waals surface area contributed by atoms with Crippen LogP contribution in [-0.4, -0.2) is 35.8 Å². The lowest BCUT2D eigenvalue weighted by molar-refractivity contribution is -0.155. The van der Waals surface area contributed by atoms with Gasteiger partial charge >= 0.3 is 5.97 Å². The van der Waals surface area contributed by atoms with Crippen LogP contribution in [0, 0.1) is 17.3 Å². The van der Waals surface area contributed by atoms with E-state index in [9.17, 15) is 14.4 Å². The number of carbonyl (C=O) groups is 3. The van der Waals surface area contributed by atoms with Crippen LogP contribution in [0.2, 0.25) is 0 Å². The molecule has 30 heavy (non-hydrogen) atoms. The maximum absolute atomic E-state index is 13.4. The number of carbonyl (C=O) groups excluding carboxylic acids is 3. The van der Waals surface area contributed by atoms with Crippen molar-refractivity contribution in [3.63, 3.8) is 0 Å². The van der Waals surface area contributed by atoms with Crippen molar-refractivity contribution >= 4 is 17.8 Å². The molecule has 1 fully saturated rings. The number of nitrogens with zero attached hydrogens (tertiary/aromatic N) is 1. The van der Waals surface area contributed by atoms with Crippen LogP contribution in [0.25, 0.3) is 0 Å². The van der Waals surface area contributed by atoms with Gasteiger partial charge in [-0.2, -0.15) is 0 Å². The molecule has 2 bridgehead atoms. The normalized spacial score (nSPS) is 26.3. The second-order valence-electron chi connectivity index (χ2n) is 9.48. The van der Waals surface area contributed by atoms with Gasteiger partial charge in [-0.25, -0.2) is 0 Å². The Kier molecular flexibility index (Phi) is 4.14. The lowest BCUT2D eigenvalue weighted by atomic mass is 9.55. The van der Waals surface area contributed by atoms with Crippen LogP contribution in [0.15, 0.2) is 48.5 Å². The van der Waals surface area contributed by atoms with Gasteiger partial charge in [0, 0.05) is 11.8 Å². The Balaban J connectivity index is 1.48. The zero-order valence-electron chi connectivity index (χ0n) is 17.4. The van der Waals surface area contributed by atoms with Gasteiger partial charge in [-0.05, 0) is 43.0 Å². The van der Waals surface area contributed by atoms with Crippen LogP contribution in [0.1, 0.15) is 54.9 Å². The maximum Gasteiger partial charge on any atom is 0.311 e. The summed E-state index contributed by atoms with van der Waals surface area (Å²) < 4.78 is 5.33. The summed E-state index contributed by atoms with van der Waals surface area (Å²) in [6, 6.07) is 16.4. The summed E-state index contributed by atoms with van der Waals surface area (Å²) in [6.07, 6.45) is 0. The number of likely N-dealkylation sites (tertiary alicyclic amines) is 1. The van der Waals surface area contributed by atoms with Crippen LogP contribution in [-0.2, 0) is 19.1 Å². The topological polar surface area (TPSA) is 63.7 Å². The van der Waals surface area contributed by atoms with Crippen molar-refractivity contribution in [3.8, 4) is 0 Å². The van der Waals surface area contributed by atoms with Gasteiger partial charge in [-0.15, -0.1) is 0 Å². The van der Waals surface area contributed by atoms with Crippen molar-refractivity contribution < 1.29 is 19.1 Å². The molecule has 3 aliphatic carbocycles. The first kappa shape index (κ1) is 19.0. The zero-order chi connectivity index (χ0) is 21.2. The van der Waals surface area contributed by atoms with E-state index >= 15 is 0 Å². The van der Waals surface area contributed by atoms with Gasteiger partial charge in [0.2, 0.25) is 11.8 Å². The molecular weight excluding hydrogens is 378 g/mol. The van der Waals surface area contributed by atoms with E-state index in [1.807, 2.05) is 24.3 Å². The maximum atomic E-state index is 13.4. The zero-order valence-corrected chi connectivity index (χ0v) is 17.4. The van der Waals surface area contributed by atoms with E-state index in [-0.39, 0.29) is 54.6 Å². The quantitative estimate of drug-likeness (QED) is 0.582. The van der Waals surface area contributed by atoms with Crippen molar-refractivity contribution in [1.82, 2.24) is 4.90 Å². The molecule has 154 valence electrons. The van der Waals surface area contributed by atoms with Crippen molar-refractivity contribution in [2.45, 2.75) is 32.6 Å². The van der Waals surface area contributed by atoms with Crippen molar-refractivity contribution in [1.29, 1.82) is 0 Å². The van der Waals surface area contributed by atoms with Crippen molar-refractivity contribution in [2.24, 2.45) is 17.3 Å². The van der Waals surface area contributed by atoms with Gasteiger partial charge in [0.1, 0.15) is 6.61 Å². The minimum absolute atomic E-state index is 0.0300. The minimum atomic E-state index is -0.616. The molecule has 2 amide bonds. The van der Waals surface area contributed by atoms with Gasteiger partial charge < -0.3 is 4.74 Å². The van der Waals surface area contributed by atoms with Gasteiger partial charge in [0.05, 0.1) is 23.8 Å². The largest absolute Gasteiger partial charge is 0.463 e. The fourth-order valence-corrected chi connectivity index (χ4v) is 5.41. The van der Waals surface area contributed by atoms with E-state index in [2.05, 4.69) is 24.3 Å². The average Bonchev–Trinajstić information content (AvgIpc) is 2.98. The standard InChI is InChI=1S/C25H25NO4/c1-25(2,3)24(29)30-13-12-26-22(27)20-18-14-8-4-5-9-15(14)19(21(20)23(26)28)17-11-7-6-10-16(17)18/h4-11,18-21H,12-13H2,1-3H3. The molecule has 4 aliphatic rings. The van der Waals surface area contributed by atoms with Gasteiger partial charge in [0.25, 0.3) is 0 Å². The summed E-state index contributed by atoms with van der Waals surface area (Å²) in [5.41, 5.74) is 4.01. The number of ether oxygens (including phenoxy) is 1. The molecule has 2 atom stereocenters. The number of hydrogen-bond acceptors (Lipinski definition) is 4. The van der Waals surface area contributed by atoms with Gasteiger partial charge in [-0.1, -0.05) is 48.5 Å². The van der Waals surface area contributed by atoms with Crippen molar-refractivity contribution in [3.05, 3.63) is 70.8 Å². The summed E-state index contributed by atoms with van der Waals surface area (Å²) in [6.45, 7) is 5.48. The van der Waals surface area contributed by atoms with Gasteiger partial charge in [-0.3, -0.25) is 19.3 Å². The fourth-order valence-electron chi connectivity index (χ4n) is 5.41. The molecule has 5 heteroatoms. The highest BCUT2D eigenvalue weighted by atomic mass is 16.5. The highest BCUT2D eigenvalue weighted by molar-refractivity contribution is 6.07. The minimum Gasteiger partial charge on any atom is -0.463 e. The SMILES string of the molecule is CC(C)(C)C(=O)OCCN1C(=O)C2C3c4ccccc4C(c4ccccc43)C2C1=O. The Morgan fingerprint density at radius 2 is 1.23 bits per heavy atom. The molecule has 0 spiro atoms. The predicted octanol–water partition coefficient (Wildman–Crippen LogP) is 3.47. The Morgan fingerprint density at radius 1 is 0.833 bits per heavy atom. The molecule has 0 aromatic heterocycles. The Bertz CT molecular complexity index is 951. The molecule has 0 saturated carbocycles. The molecule has 2 unspecified atom stereocenters. The number of hydrogen-bond donors (Lipinski definition) is 0. The Hall–Kier alpha value is -2.95. The molecule has 1 heterocycles. The van der Waals surface area contributed by atoms with E-state index in [1.54, 1.807) is 20.8 Å². The Labute approximate surface area is 176 Å². The lowest BCUT2D eigenvalue weighted by Gasteiger charge is -2.45. The first-order valence-corrected chi connectivity index (χ1v) is 10.5. The molecule has 1 saturated heterocycles. The second-order valence-corrected chi connectivity index (χ2v) is 9.48. The molecule has 0 radical (unpaired) electrons. The molecular formula is C25H25NO4. The third-order valence-corrected chi connectivity index (χ3v) is 6.70. The predicted molar refractivity (Wildman–Crippen MR) is 111 cm³/mol. The van der Waals surface area contributed by atoms with E-state index < -0.39 is 5.41 Å². The molecule has 2 aromatic carbocycles. The summed E-state index contributed by atoms with van der Waals surface area (Å²) in [5, 5.41) is 0. The van der Waals surface area contributed by atoms with Crippen LogP contribution >= 0.6 is 0 Å². The molecule has 5 nitrogen and oxygen atoms in total. The van der Waals surface area contributed by atoms with E-state index in [0.717, 1.165) is 22.3 Å². The van der Waals surface area contributed by atoms with E-state index in [4.69, 9.17) is 4.74 Å². The third kappa shape index (κ3) is 2.57. The van der Waals surface area contributed by atoms with Crippen LogP contribution in [0.3, 0.4) is 0 Å². The summed E-state index contributed by atoms with van der Waals surface area (Å²) in [7, 11) is 0. The first-order valence-electron chi connectivity index (χ1n) is 10.5. The summed E-state index contributed by atoms with van der Waals surface area (Å²) >= 11 is 0. The van der Waals surface area contributed by atoms with Crippen molar-refractivity contribution in [2.75, 3.05) is 13.2 Å². The molecule has 1 aliphatic heterocycles. The molecule has 0 N–H and O–H groups in total. The lowest BCUT2D eigenvalue weighted by Crippen LogP contribution is -2.41. The molecule has 2 aromatic rings. The number of amides is 2. The van der Waals surface area contributed by atoms with Crippen LogP contribution < -0.4 is 0 Å². The summed E-state index contributed by atoms with van der Waals surface area (Å²) in [5.74, 6) is -1.60. The highest BCUT2D eigenvalue weighted by Crippen LogP contribution is 2.60. The highest BCUT2D eigenvalue weighted by Gasteiger charge is 2.61. The number of rotatable bonds is 3. The first-order chi connectivity index (χ1) is 14.3. The number of imide groups is 1. The van der Waals surface area contributed by atoms with Crippen LogP contribution in [0.5, 0.6) is 0 Å². The second kappa shape index (κ2) is 6.53. The monoisotopic (exact) mass is 403 g/mol. The molecule has 6 rings (SSSR count). The van der Waals surface area contributed by atoms with E-state index in [0.29, 0.717) is 0 Å². The van der Waals surface area contributed by atoms with Crippen LogP contribution in [0.4, 0.5) is 0 Å². The smallest absolute Gasteiger partial charge is 0.311 e.